The third-order valence-corrected chi connectivity index (χ3v) is 2.36. The van der Waals surface area contributed by atoms with Crippen LogP contribution in [0.25, 0.3) is 0 Å². The normalized spacial score (nSPS) is 11.9. The molecule has 0 bridgehead atoms. The van der Waals surface area contributed by atoms with Gasteiger partial charge in [0, 0.05) is 11.5 Å². The van der Waals surface area contributed by atoms with Crippen LogP contribution in [0.1, 0.15) is 25.3 Å². The quantitative estimate of drug-likeness (QED) is 0.687. The van der Waals surface area contributed by atoms with Crippen LogP contribution >= 0.6 is 0 Å². The average molecular weight is 206 g/mol. The summed E-state index contributed by atoms with van der Waals surface area (Å²) in [5.74, 6) is 1.87. The SMILES string of the molecule is C=CC(C)c1cccc(OC)c1OCC. The summed E-state index contributed by atoms with van der Waals surface area (Å²) in [6.45, 7) is 8.49. The predicted octanol–water partition coefficient (Wildman–Crippen LogP) is 3.38. The van der Waals surface area contributed by atoms with Crippen molar-refractivity contribution in [1.82, 2.24) is 0 Å². The zero-order valence-electron chi connectivity index (χ0n) is 9.62. The molecule has 1 aromatic carbocycles. The second-order valence-electron chi connectivity index (χ2n) is 3.34. The molecule has 0 N–H and O–H groups in total. The smallest absolute Gasteiger partial charge is 0.164 e. The first kappa shape index (κ1) is 11.6. The topological polar surface area (TPSA) is 18.5 Å². The number of hydrogen-bond acceptors (Lipinski definition) is 2. The van der Waals surface area contributed by atoms with Crippen molar-refractivity contribution in [2.45, 2.75) is 19.8 Å². The minimum absolute atomic E-state index is 0.265. The molecule has 0 aromatic heterocycles. The molecule has 0 aliphatic rings. The molecular formula is C13H18O2. The van der Waals surface area contributed by atoms with Crippen molar-refractivity contribution in [2.24, 2.45) is 0 Å². The summed E-state index contributed by atoms with van der Waals surface area (Å²) in [5, 5.41) is 0. The summed E-state index contributed by atoms with van der Waals surface area (Å²) in [5.41, 5.74) is 1.12. The van der Waals surface area contributed by atoms with E-state index in [1.807, 2.05) is 31.2 Å². The van der Waals surface area contributed by atoms with Crippen molar-refractivity contribution in [3.05, 3.63) is 36.4 Å². The summed E-state index contributed by atoms with van der Waals surface area (Å²) in [7, 11) is 1.65. The van der Waals surface area contributed by atoms with E-state index >= 15 is 0 Å². The van der Waals surface area contributed by atoms with Gasteiger partial charge in [-0.05, 0) is 13.0 Å². The van der Waals surface area contributed by atoms with Crippen LogP contribution in [0, 0.1) is 0 Å². The van der Waals surface area contributed by atoms with Crippen LogP contribution in [-0.2, 0) is 0 Å². The first-order valence-electron chi connectivity index (χ1n) is 5.16. The lowest BCUT2D eigenvalue weighted by Crippen LogP contribution is -2.01. The molecule has 1 unspecified atom stereocenters. The van der Waals surface area contributed by atoms with E-state index in [4.69, 9.17) is 9.47 Å². The van der Waals surface area contributed by atoms with Gasteiger partial charge in [-0.1, -0.05) is 25.1 Å². The summed E-state index contributed by atoms with van der Waals surface area (Å²) < 4.78 is 10.9. The standard InChI is InChI=1S/C13H18O2/c1-5-10(3)11-8-7-9-12(14-4)13(11)15-6-2/h5,7-10H,1,6H2,2-4H3. The summed E-state index contributed by atoms with van der Waals surface area (Å²) in [6, 6.07) is 5.92. The third-order valence-electron chi connectivity index (χ3n) is 2.36. The van der Waals surface area contributed by atoms with E-state index < -0.39 is 0 Å². The van der Waals surface area contributed by atoms with Crippen LogP contribution in [0.5, 0.6) is 11.5 Å². The van der Waals surface area contributed by atoms with Crippen molar-refractivity contribution in [2.75, 3.05) is 13.7 Å². The van der Waals surface area contributed by atoms with Crippen LogP contribution in [0.3, 0.4) is 0 Å². The van der Waals surface area contributed by atoms with Crippen LogP contribution in [0.4, 0.5) is 0 Å². The van der Waals surface area contributed by atoms with Gasteiger partial charge in [-0.25, -0.2) is 0 Å². The molecule has 2 heteroatoms. The fourth-order valence-electron chi connectivity index (χ4n) is 1.48. The minimum atomic E-state index is 0.265. The fourth-order valence-corrected chi connectivity index (χ4v) is 1.48. The molecule has 0 fully saturated rings. The second kappa shape index (κ2) is 5.44. The molecule has 1 rings (SSSR count). The second-order valence-corrected chi connectivity index (χ2v) is 3.34. The van der Waals surface area contributed by atoms with Crippen molar-refractivity contribution < 1.29 is 9.47 Å². The Labute approximate surface area is 91.5 Å². The summed E-state index contributed by atoms with van der Waals surface area (Å²) >= 11 is 0. The van der Waals surface area contributed by atoms with Crippen molar-refractivity contribution in [3.63, 3.8) is 0 Å². The van der Waals surface area contributed by atoms with E-state index in [0.29, 0.717) is 6.61 Å². The highest BCUT2D eigenvalue weighted by molar-refractivity contribution is 5.49. The maximum Gasteiger partial charge on any atom is 0.164 e. The Morgan fingerprint density at radius 3 is 2.73 bits per heavy atom. The molecule has 1 atom stereocenters. The van der Waals surface area contributed by atoms with Gasteiger partial charge in [0.1, 0.15) is 0 Å². The molecule has 82 valence electrons. The Balaban J connectivity index is 3.17. The Kier molecular flexibility index (Phi) is 4.22. The first-order chi connectivity index (χ1) is 7.24. The van der Waals surface area contributed by atoms with E-state index in [-0.39, 0.29) is 5.92 Å². The largest absolute Gasteiger partial charge is 0.493 e. The zero-order chi connectivity index (χ0) is 11.3. The average Bonchev–Trinajstić information content (AvgIpc) is 2.28. The van der Waals surface area contributed by atoms with Gasteiger partial charge in [-0.2, -0.15) is 0 Å². The van der Waals surface area contributed by atoms with E-state index in [2.05, 4.69) is 13.5 Å². The Bertz CT molecular complexity index is 331. The van der Waals surface area contributed by atoms with Crippen LogP contribution in [0.15, 0.2) is 30.9 Å². The fraction of sp³-hybridized carbons (Fsp3) is 0.385. The van der Waals surface area contributed by atoms with Crippen molar-refractivity contribution in [3.8, 4) is 11.5 Å². The number of rotatable bonds is 5. The predicted molar refractivity (Wildman–Crippen MR) is 62.8 cm³/mol. The van der Waals surface area contributed by atoms with E-state index in [1.54, 1.807) is 7.11 Å². The van der Waals surface area contributed by atoms with Crippen LogP contribution in [-0.4, -0.2) is 13.7 Å². The lowest BCUT2D eigenvalue weighted by Gasteiger charge is -2.16. The number of allylic oxidation sites excluding steroid dienone is 1. The molecule has 15 heavy (non-hydrogen) atoms. The van der Waals surface area contributed by atoms with Gasteiger partial charge in [-0.15, -0.1) is 6.58 Å². The molecule has 0 saturated heterocycles. The van der Waals surface area contributed by atoms with Crippen LogP contribution < -0.4 is 9.47 Å². The molecule has 0 heterocycles. The van der Waals surface area contributed by atoms with Crippen LogP contribution in [0.2, 0.25) is 0 Å². The molecule has 0 amide bonds. The molecule has 0 radical (unpaired) electrons. The third kappa shape index (κ3) is 2.52. The highest BCUT2D eigenvalue weighted by Crippen LogP contribution is 2.35. The maximum atomic E-state index is 5.61. The minimum Gasteiger partial charge on any atom is -0.493 e. The highest BCUT2D eigenvalue weighted by atomic mass is 16.5. The lowest BCUT2D eigenvalue weighted by atomic mass is 10.00. The van der Waals surface area contributed by atoms with E-state index in [1.165, 1.54) is 0 Å². The van der Waals surface area contributed by atoms with Crippen molar-refractivity contribution in [1.29, 1.82) is 0 Å². The number of benzene rings is 1. The van der Waals surface area contributed by atoms with Gasteiger partial charge in [0.05, 0.1) is 13.7 Å². The Morgan fingerprint density at radius 1 is 1.47 bits per heavy atom. The molecule has 1 aromatic rings. The van der Waals surface area contributed by atoms with Gasteiger partial charge >= 0.3 is 0 Å². The monoisotopic (exact) mass is 206 g/mol. The van der Waals surface area contributed by atoms with Gasteiger partial charge < -0.3 is 9.47 Å². The number of methoxy groups -OCH3 is 1. The molecule has 0 aliphatic heterocycles. The molecule has 0 spiro atoms. The van der Waals surface area contributed by atoms with Gasteiger partial charge in [0.2, 0.25) is 0 Å². The highest BCUT2D eigenvalue weighted by Gasteiger charge is 2.13. The molecule has 0 saturated carbocycles. The van der Waals surface area contributed by atoms with E-state index in [9.17, 15) is 0 Å². The van der Waals surface area contributed by atoms with Crippen molar-refractivity contribution >= 4 is 0 Å². The summed E-state index contributed by atoms with van der Waals surface area (Å²) in [4.78, 5) is 0. The molecular weight excluding hydrogens is 188 g/mol. The molecule has 0 aliphatic carbocycles. The zero-order valence-corrected chi connectivity index (χ0v) is 9.62. The van der Waals surface area contributed by atoms with Gasteiger partial charge in [0.25, 0.3) is 0 Å². The van der Waals surface area contributed by atoms with Gasteiger partial charge in [0.15, 0.2) is 11.5 Å². The van der Waals surface area contributed by atoms with Gasteiger partial charge in [-0.3, -0.25) is 0 Å². The summed E-state index contributed by atoms with van der Waals surface area (Å²) in [6.07, 6.45) is 1.90. The number of para-hydroxylation sites is 1. The lowest BCUT2D eigenvalue weighted by molar-refractivity contribution is 0.307. The number of ether oxygens (including phenoxy) is 2. The van der Waals surface area contributed by atoms with E-state index in [0.717, 1.165) is 17.1 Å². The Hall–Kier alpha value is -1.44. The first-order valence-corrected chi connectivity index (χ1v) is 5.16. The Morgan fingerprint density at radius 2 is 2.20 bits per heavy atom. The maximum absolute atomic E-state index is 5.61. The number of hydrogen-bond donors (Lipinski definition) is 0. The molecule has 2 nitrogen and oxygen atoms in total.